The van der Waals surface area contributed by atoms with Crippen LogP contribution in [0.15, 0.2) is 17.0 Å². The summed E-state index contributed by atoms with van der Waals surface area (Å²) in [4.78, 5) is -0.0281. The molecular formula is C13H19Cl2NO3S2. The first kappa shape index (κ1) is 19.1. The molecule has 1 rings (SSSR count). The molecule has 4 nitrogen and oxygen atoms in total. The van der Waals surface area contributed by atoms with E-state index in [9.17, 15) is 13.5 Å². The Morgan fingerprint density at radius 3 is 2.48 bits per heavy atom. The van der Waals surface area contributed by atoms with Crippen molar-refractivity contribution in [3.8, 4) is 0 Å². The second-order valence-corrected chi connectivity index (χ2v) is 8.20. The molecule has 0 aromatic heterocycles. The fourth-order valence-electron chi connectivity index (χ4n) is 1.94. The molecule has 0 aliphatic heterocycles. The molecule has 0 aliphatic rings. The van der Waals surface area contributed by atoms with E-state index in [1.54, 1.807) is 18.8 Å². The topological polar surface area (TPSA) is 57.6 Å². The monoisotopic (exact) mass is 371 g/mol. The summed E-state index contributed by atoms with van der Waals surface area (Å²) in [6.45, 7) is 1.53. The molecule has 0 heterocycles. The lowest BCUT2D eigenvalue weighted by Gasteiger charge is -2.26. The highest BCUT2D eigenvalue weighted by molar-refractivity contribution is 7.98. The van der Waals surface area contributed by atoms with Crippen molar-refractivity contribution in [2.45, 2.75) is 30.9 Å². The van der Waals surface area contributed by atoms with Crippen molar-refractivity contribution in [1.82, 2.24) is 4.31 Å². The molecule has 0 spiro atoms. The molecule has 0 bridgehead atoms. The van der Waals surface area contributed by atoms with E-state index in [2.05, 4.69) is 0 Å². The third-order valence-electron chi connectivity index (χ3n) is 3.31. The summed E-state index contributed by atoms with van der Waals surface area (Å²) in [6.07, 6.45) is 2.64. The third-order valence-corrected chi connectivity index (χ3v) is 6.88. The Kier molecular flexibility index (Phi) is 7.30. The van der Waals surface area contributed by atoms with Crippen LogP contribution in [-0.4, -0.2) is 42.9 Å². The van der Waals surface area contributed by atoms with Crippen molar-refractivity contribution in [3.05, 3.63) is 27.7 Å². The van der Waals surface area contributed by atoms with Crippen LogP contribution in [0.4, 0.5) is 0 Å². The Balaban J connectivity index is 3.31. The van der Waals surface area contributed by atoms with Crippen molar-refractivity contribution in [1.29, 1.82) is 0 Å². The molecule has 1 unspecified atom stereocenters. The zero-order chi connectivity index (χ0) is 16.2. The van der Waals surface area contributed by atoms with Crippen LogP contribution in [0.5, 0.6) is 0 Å². The van der Waals surface area contributed by atoms with Crippen molar-refractivity contribution in [3.63, 3.8) is 0 Å². The molecule has 0 amide bonds. The second kappa shape index (κ2) is 8.04. The van der Waals surface area contributed by atoms with Gasteiger partial charge in [0, 0.05) is 29.4 Å². The van der Waals surface area contributed by atoms with Crippen LogP contribution in [0.3, 0.4) is 0 Å². The van der Waals surface area contributed by atoms with Crippen LogP contribution in [0.1, 0.15) is 18.9 Å². The molecule has 0 radical (unpaired) electrons. The standard InChI is InChI=1S/C13H19Cl2NO3S2/c1-4-9(8-20-3)16(2)21(18,19)12-6-5-11(14)10(7-17)13(12)15/h5-6,9,17H,4,7-8H2,1-3H3. The maximum absolute atomic E-state index is 12.7. The van der Waals surface area contributed by atoms with Gasteiger partial charge in [-0.15, -0.1) is 0 Å². The molecule has 0 fully saturated rings. The van der Waals surface area contributed by atoms with Gasteiger partial charge in [0.25, 0.3) is 0 Å². The Morgan fingerprint density at radius 1 is 1.38 bits per heavy atom. The summed E-state index contributed by atoms with van der Waals surface area (Å²) >= 11 is 13.6. The first-order chi connectivity index (χ1) is 9.81. The van der Waals surface area contributed by atoms with E-state index in [1.807, 2.05) is 13.2 Å². The van der Waals surface area contributed by atoms with E-state index < -0.39 is 16.6 Å². The molecule has 1 atom stereocenters. The zero-order valence-corrected chi connectivity index (χ0v) is 15.3. The predicted molar refractivity (Wildman–Crippen MR) is 89.8 cm³/mol. The predicted octanol–water partition coefficient (Wildman–Crippen LogP) is 3.25. The first-order valence-corrected chi connectivity index (χ1v) is 9.94. The minimum atomic E-state index is -3.73. The SMILES string of the molecule is CCC(CSC)N(C)S(=O)(=O)c1ccc(Cl)c(CO)c1Cl. The fourth-order valence-corrected chi connectivity index (χ4v) is 5.18. The Labute approximate surface area is 140 Å². The van der Waals surface area contributed by atoms with Crippen LogP contribution in [0, 0.1) is 0 Å². The summed E-state index contributed by atoms with van der Waals surface area (Å²) in [7, 11) is -2.19. The zero-order valence-electron chi connectivity index (χ0n) is 12.1. The highest BCUT2D eigenvalue weighted by atomic mass is 35.5. The third kappa shape index (κ3) is 4.06. The van der Waals surface area contributed by atoms with Crippen molar-refractivity contribution in [2.75, 3.05) is 19.1 Å². The Bertz CT molecular complexity index is 593. The van der Waals surface area contributed by atoms with Gasteiger partial charge >= 0.3 is 0 Å². The molecule has 21 heavy (non-hydrogen) atoms. The van der Waals surface area contributed by atoms with E-state index in [-0.39, 0.29) is 26.5 Å². The van der Waals surface area contributed by atoms with Crippen LogP contribution in [-0.2, 0) is 16.6 Å². The van der Waals surface area contributed by atoms with Crippen LogP contribution < -0.4 is 0 Å². The lowest BCUT2D eigenvalue weighted by Crippen LogP contribution is -2.38. The molecule has 120 valence electrons. The first-order valence-electron chi connectivity index (χ1n) is 6.35. The largest absolute Gasteiger partial charge is 0.392 e. The van der Waals surface area contributed by atoms with Gasteiger partial charge in [0.2, 0.25) is 10.0 Å². The molecular weight excluding hydrogens is 353 g/mol. The summed E-state index contributed by atoms with van der Waals surface area (Å²) in [5, 5.41) is 9.52. The molecule has 0 saturated heterocycles. The Morgan fingerprint density at radius 2 is 2.00 bits per heavy atom. The number of sulfonamides is 1. The average Bonchev–Trinajstić information content (AvgIpc) is 2.44. The van der Waals surface area contributed by atoms with E-state index >= 15 is 0 Å². The van der Waals surface area contributed by atoms with Gasteiger partial charge in [0.05, 0.1) is 11.6 Å². The molecule has 8 heteroatoms. The maximum Gasteiger partial charge on any atom is 0.244 e. The number of hydrogen-bond acceptors (Lipinski definition) is 4. The molecule has 0 saturated carbocycles. The van der Waals surface area contributed by atoms with Gasteiger partial charge in [0.15, 0.2) is 0 Å². The minimum absolute atomic E-state index is 0.0177. The second-order valence-electron chi connectivity index (χ2n) is 4.53. The fraction of sp³-hybridized carbons (Fsp3) is 0.538. The van der Waals surface area contributed by atoms with Crippen LogP contribution in [0.25, 0.3) is 0 Å². The van der Waals surface area contributed by atoms with E-state index in [0.717, 1.165) is 0 Å². The number of thioether (sulfide) groups is 1. The summed E-state index contributed by atoms with van der Waals surface area (Å²) in [5.41, 5.74) is 0.228. The van der Waals surface area contributed by atoms with Gasteiger partial charge in [-0.25, -0.2) is 8.42 Å². The number of nitrogens with zero attached hydrogens (tertiary/aromatic N) is 1. The highest BCUT2D eigenvalue weighted by Gasteiger charge is 2.29. The normalized spacial score (nSPS) is 13.7. The molecule has 1 aromatic carbocycles. The van der Waals surface area contributed by atoms with Crippen molar-refractivity contribution >= 4 is 45.0 Å². The van der Waals surface area contributed by atoms with Gasteiger partial charge < -0.3 is 5.11 Å². The highest BCUT2D eigenvalue weighted by Crippen LogP contribution is 2.33. The van der Waals surface area contributed by atoms with Crippen LogP contribution >= 0.6 is 35.0 Å². The van der Waals surface area contributed by atoms with Gasteiger partial charge in [-0.2, -0.15) is 16.1 Å². The van der Waals surface area contributed by atoms with Gasteiger partial charge in [0.1, 0.15) is 4.90 Å². The van der Waals surface area contributed by atoms with Gasteiger partial charge in [-0.05, 0) is 24.8 Å². The van der Waals surface area contributed by atoms with Gasteiger partial charge in [-0.3, -0.25) is 0 Å². The number of hydrogen-bond donors (Lipinski definition) is 1. The molecule has 1 N–H and O–H groups in total. The number of aliphatic hydroxyl groups is 1. The lowest BCUT2D eigenvalue weighted by atomic mass is 10.2. The van der Waals surface area contributed by atoms with E-state index in [1.165, 1.54) is 16.4 Å². The van der Waals surface area contributed by atoms with Crippen LogP contribution in [0.2, 0.25) is 10.0 Å². The average molecular weight is 372 g/mol. The van der Waals surface area contributed by atoms with E-state index in [4.69, 9.17) is 23.2 Å². The van der Waals surface area contributed by atoms with Crippen molar-refractivity contribution < 1.29 is 13.5 Å². The summed E-state index contributed by atoms with van der Waals surface area (Å²) in [6, 6.07) is 2.70. The smallest absolute Gasteiger partial charge is 0.244 e. The number of aliphatic hydroxyl groups excluding tert-OH is 1. The Hall–Kier alpha value is 0.0200. The van der Waals surface area contributed by atoms with E-state index in [0.29, 0.717) is 12.2 Å². The minimum Gasteiger partial charge on any atom is -0.392 e. The van der Waals surface area contributed by atoms with Crippen molar-refractivity contribution in [2.24, 2.45) is 0 Å². The number of halogens is 2. The summed E-state index contributed by atoms with van der Waals surface area (Å²) < 4.78 is 26.8. The molecule has 0 aliphatic carbocycles. The number of benzene rings is 1. The number of rotatable bonds is 7. The summed E-state index contributed by atoms with van der Waals surface area (Å²) in [5.74, 6) is 0.699. The van der Waals surface area contributed by atoms with Gasteiger partial charge in [-0.1, -0.05) is 30.1 Å². The maximum atomic E-state index is 12.7. The molecule has 1 aromatic rings. The lowest BCUT2D eigenvalue weighted by molar-refractivity contribution is 0.281. The quantitative estimate of drug-likeness (QED) is 0.798.